The van der Waals surface area contributed by atoms with Crippen molar-refractivity contribution in [2.24, 2.45) is 0 Å². The SMILES string of the molecule is N#Cc1c(Cc2ccccc2)c(-c2ccccc2)c[nH]c1=S. The minimum Gasteiger partial charge on any atom is -0.351 e. The van der Waals surface area contributed by atoms with Gasteiger partial charge in [0.15, 0.2) is 0 Å². The minimum atomic E-state index is 0.494. The second-order valence-electron chi connectivity index (χ2n) is 5.03. The standard InChI is InChI=1S/C19H14N2S/c20-12-17-16(11-14-7-3-1-4-8-14)18(13-21-19(17)22)15-9-5-2-6-10-15/h1-10,13H,11H2,(H,21,22). The van der Waals surface area contributed by atoms with E-state index in [0.29, 0.717) is 16.6 Å². The largest absolute Gasteiger partial charge is 0.351 e. The lowest BCUT2D eigenvalue weighted by Crippen LogP contribution is -1.99. The fraction of sp³-hybridized carbons (Fsp3) is 0.0526. The summed E-state index contributed by atoms with van der Waals surface area (Å²) >= 11 is 5.29. The topological polar surface area (TPSA) is 39.6 Å². The highest BCUT2D eigenvalue weighted by atomic mass is 32.1. The predicted molar refractivity (Wildman–Crippen MR) is 91.0 cm³/mol. The summed E-state index contributed by atoms with van der Waals surface area (Å²) in [5, 5.41) is 9.51. The molecule has 0 unspecified atom stereocenters. The molecule has 0 atom stereocenters. The van der Waals surface area contributed by atoms with Crippen molar-refractivity contribution < 1.29 is 0 Å². The van der Waals surface area contributed by atoms with Crippen LogP contribution in [0.4, 0.5) is 0 Å². The summed E-state index contributed by atoms with van der Waals surface area (Å²) in [6, 6.07) is 22.5. The zero-order chi connectivity index (χ0) is 15.4. The fourth-order valence-electron chi connectivity index (χ4n) is 2.55. The highest BCUT2D eigenvalue weighted by molar-refractivity contribution is 7.71. The molecule has 2 nitrogen and oxygen atoms in total. The lowest BCUT2D eigenvalue weighted by atomic mass is 9.93. The number of nitrogens with one attached hydrogen (secondary N) is 1. The Kier molecular flexibility index (Phi) is 4.13. The third-order valence-electron chi connectivity index (χ3n) is 3.62. The molecule has 3 heteroatoms. The molecule has 0 aliphatic heterocycles. The number of aromatic nitrogens is 1. The molecule has 106 valence electrons. The molecule has 1 heterocycles. The van der Waals surface area contributed by atoms with Crippen LogP contribution in [0.5, 0.6) is 0 Å². The summed E-state index contributed by atoms with van der Waals surface area (Å²) in [6.07, 6.45) is 2.59. The van der Waals surface area contributed by atoms with Crippen LogP contribution >= 0.6 is 12.2 Å². The Balaban J connectivity index is 2.19. The second-order valence-corrected chi connectivity index (χ2v) is 5.43. The smallest absolute Gasteiger partial charge is 0.121 e. The van der Waals surface area contributed by atoms with Crippen LogP contribution < -0.4 is 0 Å². The second kappa shape index (κ2) is 6.38. The van der Waals surface area contributed by atoms with Crippen molar-refractivity contribution in [1.82, 2.24) is 4.98 Å². The van der Waals surface area contributed by atoms with Crippen molar-refractivity contribution in [3.8, 4) is 17.2 Å². The Morgan fingerprint density at radius 2 is 1.59 bits per heavy atom. The molecular formula is C19H14N2S. The van der Waals surface area contributed by atoms with Gasteiger partial charge in [0.1, 0.15) is 10.7 Å². The number of H-pyrrole nitrogens is 1. The van der Waals surface area contributed by atoms with Crippen molar-refractivity contribution in [3.05, 3.63) is 88.2 Å². The van der Waals surface area contributed by atoms with Crippen LogP contribution in [0.3, 0.4) is 0 Å². The van der Waals surface area contributed by atoms with Crippen LogP contribution in [-0.2, 0) is 6.42 Å². The van der Waals surface area contributed by atoms with Crippen LogP contribution in [0, 0.1) is 16.0 Å². The first kappa shape index (κ1) is 14.2. The number of pyridine rings is 1. The van der Waals surface area contributed by atoms with Gasteiger partial charge in [-0.05, 0) is 23.1 Å². The molecule has 0 radical (unpaired) electrons. The monoisotopic (exact) mass is 302 g/mol. The van der Waals surface area contributed by atoms with Gasteiger partial charge >= 0.3 is 0 Å². The number of aromatic amines is 1. The summed E-state index contributed by atoms with van der Waals surface area (Å²) in [7, 11) is 0. The third-order valence-corrected chi connectivity index (χ3v) is 3.94. The summed E-state index contributed by atoms with van der Waals surface area (Å²) in [5.41, 5.74) is 4.80. The molecule has 0 saturated carbocycles. The van der Waals surface area contributed by atoms with Crippen molar-refractivity contribution in [2.45, 2.75) is 6.42 Å². The molecule has 3 aromatic rings. The van der Waals surface area contributed by atoms with E-state index in [1.165, 1.54) is 0 Å². The maximum atomic E-state index is 9.51. The summed E-state index contributed by atoms with van der Waals surface area (Å²) < 4.78 is 0.494. The number of hydrogen-bond donors (Lipinski definition) is 1. The molecule has 0 saturated heterocycles. The first-order valence-corrected chi connectivity index (χ1v) is 7.44. The number of nitriles is 1. The van der Waals surface area contributed by atoms with E-state index >= 15 is 0 Å². The number of rotatable bonds is 3. The van der Waals surface area contributed by atoms with Gasteiger partial charge < -0.3 is 4.98 Å². The van der Waals surface area contributed by atoms with Gasteiger partial charge in [0.25, 0.3) is 0 Å². The van der Waals surface area contributed by atoms with Crippen molar-refractivity contribution in [1.29, 1.82) is 5.26 Å². The maximum absolute atomic E-state index is 9.51. The number of nitrogens with zero attached hydrogens (tertiary/aromatic N) is 1. The van der Waals surface area contributed by atoms with Gasteiger partial charge in [-0.3, -0.25) is 0 Å². The zero-order valence-corrected chi connectivity index (χ0v) is 12.7. The van der Waals surface area contributed by atoms with Crippen molar-refractivity contribution in [2.75, 3.05) is 0 Å². The molecule has 0 fully saturated rings. The Hall–Kier alpha value is -2.70. The van der Waals surface area contributed by atoms with Gasteiger partial charge in [0, 0.05) is 11.8 Å². The Labute approximate surface area is 134 Å². The molecule has 2 aromatic carbocycles. The molecule has 1 aromatic heterocycles. The van der Waals surface area contributed by atoms with E-state index in [4.69, 9.17) is 12.2 Å². The molecule has 3 rings (SSSR count). The van der Waals surface area contributed by atoms with Crippen LogP contribution in [0.25, 0.3) is 11.1 Å². The van der Waals surface area contributed by atoms with E-state index in [1.807, 2.05) is 54.7 Å². The van der Waals surface area contributed by atoms with Crippen LogP contribution in [-0.4, -0.2) is 4.98 Å². The zero-order valence-electron chi connectivity index (χ0n) is 11.9. The van der Waals surface area contributed by atoms with Crippen LogP contribution in [0.15, 0.2) is 66.9 Å². The molecule has 0 aliphatic rings. The molecule has 0 amide bonds. The molecule has 0 bridgehead atoms. The van der Waals surface area contributed by atoms with Gasteiger partial charge in [-0.2, -0.15) is 5.26 Å². The van der Waals surface area contributed by atoms with Gasteiger partial charge in [0.05, 0.1) is 5.56 Å². The molecular weight excluding hydrogens is 288 g/mol. The summed E-state index contributed by atoms with van der Waals surface area (Å²) in [5.74, 6) is 0. The molecule has 1 N–H and O–H groups in total. The highest BCUT2D eigenvalue weighted by Crippen LogP contribution is 2.27. The first-order chi connectivity index (χ1) is 10.8. The Morgan fingerprint density at radius 3 is 2.23 bits per heavy atom. The van der Waals surface area contributed by atoms with E-state index in [-0.39, 0.29) is 0 Å². The summed E-state index contributed by atoms with van der Waals surface area (Å²) in [4.78, 5) is 3.04. The summed E-state index contributed by atoms with van der Waals surface area (Å²) in [6.45, 7) is 0. The Morgan fingerprint density at radius 1 is 0.955 bits per heavy atom. The van der Waals surface area contributed by atoms with Gasteiger partial charge in [-0.1, -0.05) is 72.9 Å². The predicted octanol–water partition coefficient (Wildman–Crippen LogP) is 4.87. The fourth-order valence-corrected chi connectivity index (χ4v) is 2.77. The lowest BCUT2D eigenvalue weighted by Gasteiger charge is -2.12. The van der Waals surface area contributed by atoms with E-state index < -0.39 is 0 Å². The average molecular weight is 302 g/mol. The van der Waals surface area contributed by atoms with Crippen molar-refractivity contribution in [3.63, 3.8) is 0 Å². The Bertz CT molecular complexity index is 875. The van der Waals surface area contributed by atoms with Gasteiger partial charge in [-0.25, -0.2) is 0 Å². The van der Waals surface area contributed by atoms with Gasteiger partial charge in [0.2, 0.25) is 0 Å². The van der Waals surface area contributed by atoms with E-state index in [2.05, 4.69) is 23.2 Å². The van der Waals surface area contributed by atoms with E-state index in [0.717, 1.165) is 22.3 Å². The third kappa shape index (κ3) is 2.83. The quantitative estimate of drug-likeness (QED) is 0.701. The lowest BCUT2D eigenvalue weighted by molar-refractivity contribution is 1.14. The maximum Gasteiger partial charge on any atom is 0.121 e. The highest BCUT2D eigenvalue weighted by Gasteiger charge is 2.12. The van der Waals surface area contributed by atoms with Gasteiger partial charge in [-0.15, -0.1) is 0 Å². The number of hydrogen-bond acceptors (Lipinski definition) is 2. The van der Waals surface area contributed by atoms with Crippen LogP contribution in [0.1, 0.15) is 16.7 Å². The van der Waals surface area contributed by atoms with Crippen LogP contribution in [0.2, 0.25) is 0 Å². The molecule has 0 spiro atoms. The van der Waals surface area contributed by atoms with E-state index in [1.54, 1.807) is 0 Å². The molecule has 0 aliphatic carbocycles. The molecule has 22 heavy (non-hydrogen) atoms. The normalized spacial score (nSPS) is 10.1. The minimum absolute atomic E-state index is 0.494. The number of benzene rings is 2. The first-order valence-electron chi connectivity index (χ1n) is 7.03. The van der Waals surface area contributed by atoms with Crippen molar-refractivity contribution >= 4 is 12.2 Å². The van der Waals surface area contributed by atoms with E-state index in [9.17, 15) is 5.26 Å². The average Bonchev–Trinajstić information content (AvgIpc) is 2.57.